The summed E-state index contributed by atoms with van der Waals surface area (Å²) >= 11 is 1.20. The first-order chi connectivity index (χ1) is 12.5. The van der Waals surface area contributed by atoms with Gasteiger partial charge in [0.2, 0.25) is 5.91 Å². The van der Waals surface area contributed by atoms with E-state index >= 15 is 0 Å². The zero-order valence-corrected chi connectivity index (χ0v) is 14.4. The van der Waals surface area contributed by atoms with Crippen molar-refractivity contribution in [3.63, 3.8) is 0 Å². The predicted octanol–water partition coefficient (Wildman–Crippen LogP) is 4.29. The van der Waals surface area contributed by atoms with E-state index in [0.29, 0.717) is 11.3 Å². The molecule has 130 valence electrons. The molecule has 0 spiro atoms. The lowest BCUT2D eigenvalue weighted by atomic mass is 9.88. The molecule has 4 rings (SSSR count). The first kappa shape index (κ1) is 16.4. The van der Waals surface area contributed by atoms with E-state index in [-0.39, 0.29) is 28.9 Å². The molecule has 2 aromatic carbocycles. The van der Waals surface area contributed by atoms with Gasteiger partial charge in [-0.25, -0.2) is 4.79 Å². The molecular formula is C20H15NO4S. The normalized spacial score (nSPS) is 16.0. The van der Waals surface area contributed by atoms with Crippen molar-refractivity contribution in [3.05, 3.63) is 69.9 Å². The van der Waals surface area contributed by atoms with Crippen molar-refractivity contribution in [2.24, 2.45) is 0 Å². The first-order valence-electron chi connectivity index (χ1n) is 8.08. The van der Waals surface area contributed by atoms with Gasteiger partial charge in [0, 0.05) is 22.8 Å². The molecule has 0 aliphatic carbocycles. The minimum Gasteiger partial charge on any atom is -0.508 e. The summed E-state index contributed by atoms with van der Waals surface area (Å²) in [5, 5.41) is 22.1. The zero-order chi connectivity index (χ0) is 18.3. The van der Waals surface area contributed by atoms with Gasteiger partial charge < -0.3 is 15.5 Å². The summed E-state index contributed by atoms with van der Waals surface area (Å²) in [6.07, 6.45) is 0.242. The van der Waals surface area contributed by atoms with E-state index in [1.54, 1.807) is 24.3 Å². The fourth-order valence-corrected chi connectivity index (χ4v) is 4.54. The van der Waals surface area contributed by atoms with Crippen LogP contribution in [0, 0.1) is 0 Å². The lowest BCUT2D eigenvalue weighted by Gasteiger charge is -2.24. The Morgan fingerprint density at radius 3 is 2.42 bits per heavy atom. The van der Waals surface area contributed by atoms with E-state index in [0.717, 1.165) is 16.0 Å². The summed E-state index contributed by atoms with van der Waals surface area (Å²) in [6.45, 7) is 0. The van der Waals surface area contributed by atoms with Crippen LogP contribution in [0.15, 0.2) is 54.6 Å². The Hall–Kier alpha value is -3.12. The number of carboxylic acid groups (broad SMARTS) is 1. The van der Waals surface area contributed by atoms with Gasteiger partial charge >= 0.3 is 5.97 Å². The standard InChI is InChI=1S/C20H15NO4S/c22-13-8-6-11(7-9-13)14-10-15(23)21-17-16(12-4-2-1-3-5-12)19(20(24)25)26-18(14)17/h1-9,14,22H,10H2,(H,21,23)(H,24,25)/t14-/m0/s1. The van der Waals surface area contributed by atoms with Crippen molar-refractivity contribution in [1.29, 1.82) is 0 Å². The lowest BCUT2D eigenvalue weighted by molar-refractivity contribution is -0.116. The number of rotatable bonds is 3. The minimum absolute atomic E-state index is 0.150. The van der Waals surface area contributed by atoms with Crippen molar-refractivity contribution in [2.45, 2.75) is 12.3 Å². The van der Waals surface area contributed by atoms with Crippen LogP contribution in [0.4, 0.5) is 5.69 Å². The maximum absolute atomic E-state index is 12.3. The number of carbonyl (C=O) groups is 2. The third kappa shape index (κ3) is 2.74. The van der Waals surface area contributed by atoms with Crippen molar-refractivity contribution in [1.82, 2.24) is 0 Å². The summed E-state index contributed by atoms with van der Waals surface area (Å²) in [7, 11) is 0. The molecule has 1 aliphatic heterocycles. The highest BCUT2D eigenvalue weighted by atomic mass is 32.1. The van der Waals surface area contributed by atoms with Crippen molar-refractivity contribution in [3.8, 4) is 16.9 Å². The van der Waals surface area contributed by atoms with Crippen molar-refractivity contribution >= 4 is 28.9 Å². The molecule has 6 heteroatoms. The molecule has 3 N–H and O–H groups in total. The van der Waals surface area contributed by atoms with Crippen LogP contribution in [0.2, 0.25) is 0 Å². The summed E-state index contributed by atoms with van der Waals surface area (Å²) in [6, 6.07) is 15.9. The van der Waals surface area contributed by atoms with Crippen LogP contribution < -0.4 is 5.32 Å². The third-order valence-electron chi connectivity index (χ3n) is 4.46. The van der Waals surface area contributed by atoms with Crippen molar-refractivity contribution < 1.29 is 19.8 Å². The quantitative estimate of drug-likeness (QED) is 0.646. The van der Waals surface area contributed by atoms with Crippen LogP contribution in [0.1, 0.15) is 32.5 Å². The summed E-state index contributed by atoms with van der Waals surface area (Å²) in [4.78, 5) is 25.2. The number of thiophene rings is 1. The zero-order valence-electron chi connectivity index (χ0n) is 13.6. The first-order valence-corrected chi connectivity index (χ1v) is 8.90. The van der Waals surface area contributed by atoms with Gasteiger partial charge in [0.15, 0.2) is 0 Å². The molecule has 1 aliphatic rings. The molecule has 0 saturated heterocycles. The Morgan fingerprint density at radius 1 is 1.08 bits per heavy atom. The molecular weight excluding hydrogens is 350 g/mol. The van der Waals surface area contributed by atoms with Gasteiger partial charge in [-0.3, -0.25) is 4.79 Å². The van der Waals surface area contributed by atoms with Crippen molar-refractivity contribution in [2.75, 3.05) is 5.32 Å². The molecule has 26 heavy (non-hydrogen) atoms. The number of aromatic carboxylic acids is 1. The highest BCUT2D eigenvalue weighted by Gasteiger charge is 2.34. The van der Waals surface area contributed by atoms with Gasteiger partial charge in [-0.1, -0.05) is 42.5 Å². The van der Waals surface area contributed by atoms with Gasteiger partial charge in [-0.05, 0) is 23.3 Å². The van der Waals surface area contributed by atoms with Gasteiger partial charge in [0.1, 0.15) is 10.6 Å². The second-order valence-electron chi connectivity index (χ2n) is 6.11. The van der Waals surface area contributed by atoms with Crippen LogP contribution in [-0.2, 0) is 4.79 Å². The number of benzene rings is 2. The molecule has 0 saturated carbocycles. The molecule has 1 atom stereocenters. The SMILES string of the molecule is O=C1C[C@@H](c2ccc(O)cc2)c2sc(C(=O)O)c(-c3ccccc3)c2N1. The summed E-state index contributed by atoms with van der Waals surface area (Å²) in [5.74, 6) is -1.25. The molecule has 5 nitrogen and oxygen atoms in total. The third-order valence-corrected chi connectivity index (χ3v) is 5.75. The molecule has 0 unspecified atom stereocenters. The van der Waals surface area contributed by atoms with E-state index in [4.69, 9.17) is 0 Å². The lowest BCUT2D eigenvalue weighted by Crippen LogP contribution is -2.22. The molecule has 0 radical (unpaired) electrons. The van der Waals surface area contributed by atoms with Gasteiger partial charge in [0.05, 0.1) is 5.69 Å². The number of carbonyl (C=O) groups excluding carboxylic acids is 1. The molecule has 1 amide bonds. The summed E-state index contributed by atoms with van der Waals surface area (Å²) in [5.41, 5.74) is 2.76. The van der Waals surface area contributed by atoms with E-state index in [1.165, 1.54) is 11.3 Å². The number of phenolic OH excluding ortho intramolecular Hbond substituents is 1. The van der Waals surface area contributed by atoms with Gasteiger partial charge in [-0.15, -0.1) is 11.3 Å². The van der Waals surface area contributed by atoms with Gasteiger partial charge in [0.25, 0.3) is 0 Å². The Labute approximate surface area is 153 Å². The van der Waals surface area contributed by atoms with E-state index in [1.807, 2.05) is 30.3 Å². The smallest absolute Gasteiger partial charge is 0.346 e. The number of hydrogen-bond acceptors (Lipinski definition) is 4. The van der Waals surface area contributed by atoms with Crippen LogP contribution in [0.5, 0.6) is 5.75 Å². The molecule has 0 fully saturated rings. The monoisotopic (exact) mass is 365 g/mol. The topological polar surface area (TPSA) is 86.6 Å². The maximum atomic E-state index is 12.3. The number of hydrogen-bond donors (Lipinski definition) is 3. The Morgan fingerprint density at radius 2 is 1.77 bits per heavy atom. The predicted molar refractivity (Wildman–Crippen MR) is 99.9 cm³/mol. The Balaban J connectivity index is 1.93. The molecule has 0 bridgehead atoms. The highest BCUT2D eigenvalue weighted by molar-refractivity contribution is 7.15. The molecule has 1 aromatic heterocycles. The van der Waals surface area contributed by atoms with Crippen LogP contribution >= 0.6 is 11.3 Å². The highest BCUT2D eigenvalue weighted by Crippen LogP contribution is 2.49. The van der Waals surface area contributed by atoms with Crippen LogP contribution in [0.25, 0.3) is 11.1 Å². The van der Waals surface area contributed by atoms with E-state index < -0.39 is 5.97 Å². The number of aromatic hydroxyl groups is 1. The Kier molecular flexibility index (Phi) is 3.97. The largest absolute Gasteiger partial charge is 0.508 e. The molecule has 2 heterocycles. The average molecular weight is 365 g/mol. The average Bonchev–Trinajstić information content (AvgIpc) is 3.02. The number of anilines is 1. The minimum atomic E-state index is -1.01. The second-order valence-corrected chi connectivity index (χ2v) is 7.17. The number of carboxylic acids is 1. The number of amides is 1. The number of fused-ring (bicyclic) bond motifs is 1. The fraction of sp³-hybridized carbons (Fsp3) is 0.100. The summed E-state index contributed by atoms with van der Waals surface area (Å²) < 4.78 is 0. The van der Waals surface area contributed by atoms with E-state index in [2.05, 4.69) is 5.32 Å². The number of phenols is 1. The van der Waals surface area contributed by atoms with Gasteiger partial charge in [-0.2, -0.15) is 0 Å². The van der Waals surface area contributed by atoms with E-state index in [9.17, 15) is 19.8 Å². The number of nitrogens with one attached hydrogen (secondary N) is 1. The fourth-order valence-electron chi connectivity index (χ4n) is 3.29. The van der Waals surface area contributed by atoms with Crippen LogP contribution in [-0.4, -0.2) is 22.1 Å². The Bertz CT molecular complexity index is 993. The van der Waals surface area contributed by atoms with Crippen LogP contribution in [0.3, 0.4) is 0 Å². The second kappa shape index (κ2) is 6.31. The molecule has 3 aromatic rings. The maximum Gasteiger partial charge on any atom is 0.346 e.